The first kappa shape index (κ1) is 12.1. The summed E-state index contributed by atoms with van der Waals surface area (Å²) in [6.45, 7) is 6.07. The maximum atomic E-state index is 11.5. The second-order valence-electron chi connectivity index (χ2n) is 4.56. The van der Waals surface area contributed by atoms with Gasteiger partial charge in [-0.2, -0.15) is 0 Å². The van der Waals surface area contributed by atoms with Gasteiger partial charge in [0.1, 0.15) is 0 Å². The van der Waals surface area contributed by atoms with E-state index in [1.54, 1.807) is 6.20 Å². The van der Waals surface area contributed by atoms with E-state index in [-0.39, 0.29) is 17.4 Å². The Morgan fingerprint density at radius 2 is 2.33 bits per heavy atom. The molecule has 0 saturated carbocycles. The summed E-state index contributed by atoms with van der Waals surface area (Å²) in [5, 5.41) is 5.16. The van der Waals surface area contributed by atoms with Gasteiger partial charge in [0.2, 0.25) is 5.91 Å². The Morgan fingerprint density at radius 3 is 2.80 bits per heavy atom. The molecule has 1 aromatic rings. The molecule has 0 aromatic carbocycles. The van der Waals surface area contributed by atoms with Gasteiger partial charge in [0.15, 0.2) is 5.13 Å². The molecule has 0 spiro atoms. The zero-order valence-corrected chi connectivity index (χ0v) is 10.1. The Hall–Kier alpha value is -0.940. The number of thiazole rings is 1. The number of nitrogens with one attached hydrogen (secondary N) is 1. The van der Waals surface area contributed by atoms with Gasteiger partial charge < -0.3 is 11.1 Å². The molecule has 1 unspecified atom stereocenters. The van der Waals surface area contributed by atoms with Crippen LogP contribution in [0, 0.1) is 5.41 Å². The number of anilines is 1. The van der Waals surface area contributed by atoms with E-state index < -0.39 is 0 Å². The van der Waals surface area contributed by atoms with Crippen LogP contribution < -0.4 is 11.1 Å². The Balaban J connectivity index is 2.43. The Bertz CT molecular complexity index is 316. The van der Waals surface area contributed by atoms with Crippen LogP contribution in [-0.2, 0) is 4.79 Å². The normalized spacial score (nSPS) is 13.6. The van der Waals surface area contributed by atoms with Crippen LogP contribution in [0.5, 0.6) is 0 Å². The summed E-state index contributed by atoms with van der Waals surface area (Å²) in [6, 6.07) is -0.141. The number of hydrogen-bond donors (Lipinski definition) is 2. The second kappa shape index (κ2) is 4.72. The van der Waals surface area contributed by atoms with Crippen molar-refractivity contribution in [2.75, 3.05) is 5.32 Å². The predicted octanol–water partition coefficient (Wildman–Crippen LogP) is 1.85. The van der Waals surface area contributed by atoms with Crippen molar-refractivity contribution in [3.63, 3.8) is 0 Å². The van der Waals surface area contributed by atoms with Crippen LogP contribution >= 0.6 is 11.3 Å². The molecular formula is C10H17N3OS. The molecule has 1 amide bonds. The molecule has 0 radical (unpaired) electrons. The summed E-state index contributed by atoms with van der Waals surface area (Å²) in [7, 11) is 0. The summed E-state index contributed by atoms with van der Waals surface area (Å²) in [5.74, 6) is -0.0765. The van der Waals surface area contributed by atoms with E-state index in [4.69, 9.17) is 5.73 Å². The number of rotatable bonds is 3. The van der Waals surface area contributed by atoms with E-state index in [0.717, 1.165) is 0 Å². The molecule has 1 aromatic heterocycles. The maximum absolute atomic E-state index is 11.5. The van der Waals surface area contributed by atoms with Crippen molar-refractivity contribution >= 4 is 22.4 Å². The number of amides is 1. The molecule has 0 aliphatic rings. The third kappa shape index (κ3) is 3.97. The van der Waals surface area contributed by atoms with Crippen molar-refractivity contribution in [1.29, 1.82) is 0 Å². The third-order valence-corrected chi connectivity index (χ3v) is 2.88. The summed E-state index contributed by atoms with van der Waals surface area (Å²) in [4.78, 5) is 15.5. The van der Waals surface area contributed by atoms with E-state index >= 15 is 0 Å². The summed E-state index contributed by atoms with van der Waals surface area (Å²) in [6.07, 6.45) is 1.98. The van der Waals surface area contributed by atoms with E-state index in [0.29, 0.717) is 11.6 Å². The third-order valence-electron chi connectivity index (χ3n) is 2.20. The topological polar surface area (TPSA) is 68.0 Å². The van der Waals surface area contributed by atoms with Crippen LogP contribution in [0.25, 0.3) is 0 Å². The average Bonchev–Trinajstić information content (AvgIpc) is 2.54. The lowest BCUT2D eigenvalue weighted by molar-refractivity contribution is -0.117. The first-order valence-electron chi connectivity index (χ1n) is 4.84. The molecule has 15 heavy (non-hydrogen) atoms. The molecule has 1 heterocycles. The molecule has 4 nitrogen and oxygen atoms in total. The summed E-state index contributed by atoms with van der Waals surface area (Å²) in [5.41, 5.74) is 5.85. The van der Waals surface area contributed by atoms with Crippen LogP contribution in [0.1, 0.15) is 27.2 Å². The highest BCUT2D eigenvalue weighted by Gasteiger charge is 2.23. The number of hydrogen-bond acceptors (Lipinski definition) is 4. The van der Waals surface area contributed by atoms with Gasteiger partial charge in [-0.15, -0.1) is 11.3 Å². The molecule has 1 atom stereocenters. The lowest BCUT2D eigenvalue weighted by atomic mass is 9.85. The minimum Gasteiger partial charge on any atom is -0.327 e. The second-order valence-corrected chi connectivity index (χ2v) is 5.46. The molecule has 0 saturated heterocycles. The Labute approximate surface area is 93.9 Å². The van der Waals surface area contributed by atoms with Gasteiger partial charge in [0.25, 0.3) is 0 Å². The molecular weight excluding hydrogens is 210 g/mol. The molecule has 0 aliphatic heterocycles. The Morgan fingerprint density at radius 1 is 1.67 bits per heavy atom. The fourth-order valence-corrected chi connectivity index (χ4v) is 1.51. The van der Waals surface area contributed by atoms with Gasteiger partial charge in [-0.25, -0.2) is 4.98 Å². The SMILES string of the molecule is CC(C)(C)C(N)CC(=O)Nc1nccs1. The maximum Gasteiger partial charge on any atom is 0.227 e. The van der Waals surface area contributed by atoms with Gasteiger partial charge in [-0.3, -0.25) is 4.79 Å². The lowest BCUT2D eigenvalue weighted by Crippen LogP contribution is -2.38. The number of nitrogens with zero attached hydrogens (tertiary/aromatic N) is 1. The molecule has 0 bridgehead atoms. The minimum atomic E-state index is -0.141. The highest BCUT2D eigenvalue weighted by molar-refractivity contribution is 7.13. The van der Waals surface area contributed by atoms with Crippen LogP contribution in [0.4, 0.5) is 5.13 Å². The van der Waals surface area contributed by atoms with E-state index in [1.807, 2.05) is 26.2 Å². The molecule has 0 fully saturated rings. The predicted molar refractivity (Wildman–Crippen MR) is 62.8 cm³/mol. The fraction of sp³-hybridized carbons (Fsp3) is 0.600. The zero-order valence-electron chi connectivity index (χ0n) is 9.28. The number of aromatic nitrogens is 1. The fourth-order valence-electron chi connectivity index (χ4n) is 0.961. The van der Waals surface area contributed by atoms with Crippen molar-refractivity contribution in [1.82, 2.24) is 4.98 Å². The minimum absolute atomic E-state index is 0.0553. The van der Waals surface area contributed by atoms with Crippen LogP contribution in [0.2, 0.25) is 0 Å². The van der Waals surface area contributed by atoms with E-state index in [2.05, 4.69) is 10.3 Å². The van der Waals surface area contributed by atoms with Crippen molar-refractivity contribution in [3.8, 4) is 0 Å². The van der Waals surface area contributed by atoms with Crippen molar-refractivity contribution < 1.29 is 4.79 Å². The molecule has 0 aliphatic carbocycles. The van der Waals surface area contributed by atoms with E-state index in [9.17, 15) is 4.79 Å². The van der Waals surface area contributed by atoms with Crippen molar-refractivity contribution in [2.24, 2.45) is 11.1 Å². The standard InChI is InChI=1S/C10H17N3OS/c1-10(2,3)7(11)6-8(14)13-9-12-4-5-15-9/h4-5,7H,6,11H2,1-3H3,(H,12,13,14). The van der Waals surface area contributed by atoms with Gasteiger partial charge >= 0.3 is 0 Å². The van der Waals surface area contributed by atoms with Gasteiger partial charge in [0, 0.05) is 24.0 Å². The van der Waals surface area contributed by atoms with Crippen LogP contribution in [-0.4, -0.2) is 16.9 Å². The van der Waals surface area contributed by atoms with Gasteiger partial charge in [0.05, 0.1) is 0 Å². The monoisotopic (exact) mass is 227 g/mol. The summed E-state index contributed by atoms with van der Waals surface area (Å²) < 4.78 is 0. The first-order chi connectivity index (χ1) is 6.89. The van der Waals surface area contributed by atoms with Gasteiger partial charge in [-0.05, 0) is 5.41 Å². The van der Waals surface area contributed by atoms with Gasteiger partial charge in [-0.1, -0.05) is 20.8 Å². The molecule has 84 valence electrons. The highest BCUT2D eigenvalue weighted by atomic mass is 32.1. The lowest BCUT2D eigenvalue weighted by Gasteiger charge is -2.26. The van der Waals surface area contributed by atoms with Crippen molar-refractivity contribution in [2.45, 2.75) is 33.2 Å². The number of nitrogens with two attached hydrogens (primary N) is 1. The van der Waals surface area contributed by atoms with Crippen molar-refractivity contribution in [3.05, 3.63) is 11.6 Å². The molecule has 1 rings (SSSR count). The molecule has 3 N–H and O–H groups in total. The summed E-state index contributed by atoms with van der Waals surface area (Å²) >= 11 is 1.40. The van der Waals surface area contributed by atoms with Crippen LogP contribution in [0.15, 0.2) is 11.6 Å². The largest absolute Gasteiger partial charge is 0.327 e. The average molecular weight is 227 g/mol. The Kier molecular flexibility index (Phi) is 3.82. The van der Waals surface area contributed by atoms with E-state index in [1.165, 1.54) is 11.3 Å². The zero-order chi connectivity index (χ0) is 11.5. The first-order valence-corrected chi connectivity index (χ1v) is 5.72. The number of carbonyl (C=O) groups is 1. The quantitative estimate of drug-likeness (QED) is 0.828. The smallest absolute Gasteiger partial charge is 0.227 e. The highest BCUT2D eigenvalue weighted by Crippen LogP contribution is 2.20. The number of carbonyl (C=O) groups excluding carboxylic acids is 1. The molecule has 5 heteroatoms. The van der Waals surface area contributed by atoms with Crippen LogP contribution in [0.3, 0.4) is 0 Å².